The van der Waals surface area contributed by atoms with Gasteiger partial charge in [0.15, 0.2) is 5.11 Å². The molecule has 3 aromatic rings. The lowest BCUT2D eigenvalue weighted by atomic mass is 10.2. The highest BCUT2D eigenvalue weighted by Gasteiger charge is 2.39. The summed E-state index contributed by atoms with van der Waals surface area (Å²) in [6.45, 7) is 0. The second-order valence-corrected chi connectivity index (χ2v) is 5.81. The minimum Gasteiger partial charge on any atom is -0.359 e. The van der Waals surface area contributed by atoms with E-state index in [4.69, 9.17) is 12.2 Å². The highest BCUT2D eigenvalue weighted by Crippen LogP contribution is 2.39. The van der Waals surface area contributed by atoms with Crippen LogP contribution < -0.4 is 10.6 Å². The van der Waals surface area contributed by atoms with Gasteiger partial charge in [-0.15, -0.1) is 0 Å². The topological polar surface area (TPSA) is 65.6 Å². The van der Waals surface area contributed by atoms with Crippen LogP contribution in [0.5, 0.6) is 0 Å². The number of aromatic amines is 1. The maximum Gasteiger partial charge on any atom is 0.207 e. The summed E-state index contributed by atoms with van der Waals surface area (Å²) in [6.07, 6.45) is 2.88. The normalized spacial score (nSPS) is 19.8. The molecule has 0 unspecified atom stereocenters. The number of rotatable bonds is 3. The molecule has 0 amide bonds. The number of nitrogens with zero attached hydrogens (tertiary/aromatic N) is 2. The predicted octanol–water partition coefficient (Wildman–Crippen LogP) is 2.80. The van der Waals surface area contributed by atoms with E-state index in [0.29, 0.717) is 23.0 Å². The van der Waals surface area contributed by atoms with Gasteiger partial charge in [-0.1, -0.05) is 18.2 Å². The second-order valence-electron chi connectivity index (χ2n) is 5.40. The minimum atomic E-state index is 0.347. The van der Waals surface area contributed by atoms with Gasteiger partial charge in [0.25, 0.3) is 0 Å². The Morgan fingerprint density at radius 3 is 2.86 bits per heavy atom. The predicted molar refractivity (Wildman–Crippen MR) is 90.8 cm³/mol. The van der Waals surface area contributed by atoms with Crippen molar-refractivity contribution in [3.63, 3.8) is 0 Å². The molecule has 2 atom stereocenters. The zero-order valence-corrected chi connectivity index (χ0v) is 12.6. The van der Waals surface area contributed by atoms with E-state index in [1.54, 1.807) is 0 Å². The summed E-state index contributed by atoms with van der Waals surface area (Å²) in [5.74, 6) is 1.10. The van der Waals surface area contributed by atoms with Crippen LogP contribution in [0.25, 0.3) is 11.0 Å². The van der Waals surface area contributed by atoms with Gasteiger partial charge in [-0.05, 0) is 42.9 Å². The van der Waals surface area contributed by atoms with Gasteiger partial charge in [-0.25, -0.2) is 4.98 Å². The van der Waals surface area contributed by atoms with Crippen molar-refractivity contribution in [1.29, 1.82) is 0 Å². The first-order valence-electron chi connectivity index (χ1n) is 7.23. The molecule has 1 aliphatic carbocycles. The lowest BCUT2D eigenvalue weighted by Gasteiger charge is -2.07. The summed E-state index contributed by atoms with van der Waals surface area (Å²) in [4.78, 5) is 12.0. The highest BCUT2D eigenvalue weighted by molar-refractivity contribution is 7.80. The van der Waals surface area contributed by atoms with Gasteiger partial charge in [0, 0.05) is 23.9 Å². The minimum absolute atomic E-state index is 0.347. The molecule has 5 nitrogen and oxygen atoms in total. The van der Waals surface area contributed by atoms with Crippen LogP contribution in [0.3, 0.4) is 0 Å². The SMILES string of the molecule is S=C(Nc1nc2ccccc2[nH]1)N[C@@H]1C[C@@H]1c1ccccn1. The van der Waals surface area contributed by atoms with Crippen molar-refractivity contribution in [2.24, 2.45) is 0 Å². The molecule has 0 bridgehead atoms. The molecule has 0 aliphatic heterocycles. The van der Waals surface area contributed by atoms with Gasteiger partial charge in [-0.2, -0.15) is 0 Å². The first kappa shape index (κ1) is 13.2. The van der Waals surface area contributed by atoms with Gasteiger partial charge in [0.1, 0.15) is 0 Å². The third-order valence-electron chi connectivity index (χ3n) is 3.80. The van der Waals surface area contributed by atoms with E-state index >= 15 is 0 Å². The van der Waals surface area contributed by atoms with Crippen molar-refractivity contribution >= 4 is 34.3 Å². The van der Waals surface area contributed by atoms with Gasteiger partial charge >= 0.3 is 0 Å². The molecule has 1 aromatic carbocycles. The summed E-state index contributed by atoms with van der Waals surface area (Å²) in [5.41, 5.74) is 3.03. The largest absolute Gasteiger partial charge is 0.359 e. The molecule has 6 heteroatoms. The molecule has 22 heavy (non-hydrogen) atoms. The number of hydrogen-bond acceptors (Lipinski definition) is 3. The standard InChI is InChI=1S/C16H15N5S/c22-16(20-14-9-10(14)11-5-3-4-8-17-11)21-15-18-12-6-1-2-7-13(12)19-15/h1-8,10,14H,9H2,(H3,18,19,20,21,22)/t10-,14-/m1/s1. The quantitative estimate of drug-likeness (QED) is 0.649. The van der Waals surface area contributed by atoms with Gasteiger partial charge in [0.2, 0.25) is 5.95 Å². The van der Waals surface area contributed by atoms with Crippen LogP contribution >= 0.6 is 12.2 Å². The second kappa shape index (κ2) is 5.38. The maximum absolute atomic E-state index is 5.36. The molecular formula is C16H15N5S. The number of aromatic nitrogens is 3. The summed E-state index contributed by atoms with van der Waals surface area (Å²) < 4.78 is 0. The molecule has 0 saturated heterocycles. The molecule has 1 aliphatic rings. The smallest absolute Gasteiger partial charge is 0.207 e. The Bertz CT molecular complexity index is 781. The zero-order chi connectivity index (χ0) is 14.9. The van der Waals surface area contributed by atoms with Crippen LogP contribution in [0.1, 0.15) is 18.0 Å². The maximum atomic E-state index is 5.36. The van der Waals surface area contributed by atoms with Crippen molar-refractivity contribution in [2.45, 2.75) is 18.4 Å². The monoisotopic (exact) mass is 309 g/mol. The zero-order valence-electron chi connectivity index (χ0n) is 11.8. The Balaban J connectivity index is 1.37. The van der Waals surface area contributed by atoms with E-state index in [9.17, 15) is 0 Å². The Morgan fingerprint density at radius 1 is 1.18 bits per heavy atom. The van der Waals surface area contributed by atoms with Crippen molar-refractivity contribution in [2.75, 3.05) is 5.32 Å². The Hall–Kier alpha value is -2.47. The third kappa shape index (κ3) is 2.65. The molecule has 1 saturated carbocycles. The number of hydrogen-bond donors (Lipinski definition) is 3. The van der Waals surface area contributed by atoms with Crippen LogP contribution in [0.4, 0.5) is 5.95 Å². The summed E-state index contributed by atoms with van der Waals surface area (Å²) in [5, 5.41) is 7.01. The van der Waals surface area contributed by atoms with E-state index in [1.807, 2.05) is 42.6 Å². The Kier molecular flexibility index (Phi) is 3.23. The number of pyridine rings is 1. The Labute approximate surface area is 133 Å². The van der Waals surface area contributed by atoms with Crippen LogP contribution in [-0.2, 0) is 0 Å². The van der Waals surface area contributed by atoms with Crippen LogP contribution in [-0.4, -0.2) is 26.1 Å². The fourth-order valence-corrected chi connectivity index (χ4v) is 2.85. The van der Waals surface area contributed by atoms with Crippen molar-refractivity contribution < 1.29 is 0 Å². The van der Waals surface area contributed by atoms with E-state index < -0.39 is 0 Å². The number of fused-ring (bicyclic) bond motifs is 1. The first-order valence-corrected chi connectivity index (χ1v) is 7.63. The van der Waals surface area contributed by atoms with Gasteiger partial charge in [0.05, 0.1) is 11.0 Å². The number of para-hydroxylation sites is 2. The molecule has 0 spiro atoms. The summed E-state index contributed by atoms with van der Waals surface area (Å²) in [6, 6.07) is 14.2. The number of thiocarbonyl (C=S) groups is 1. The van der Waals surface area contributed by atoms with Crippen LogP contribution in [0, 0.1) is 0 Å². The average molecular weight is 309 g/mol. The molecule has 0 radical (unpaired) electrons. The molecule has 2 aromatic heterocycles. The fraction of sp³-hybridized carbons (Fsp3) is 0.188. The van der Waals surface area contributed by atoms with E-state index in [-0.39, 0.29) is 0 Å². The van der Waals surface area contributed by atoms with Gasteiger partial charge < -0.3 is 15.6 Å². The van der Waals surface area contributed by atoms with E-state index in [2.05, 4.69) is 31.7 Å². The highest BCUT2D eigenvalue weighted by atomic mass is 32.1. The number of imidazole rings is 1. The van der Waals surface area contributed by atoms with Crippen LogP contribution in [0.15, 0.2) is 48.7 Å². The van der Waals surface area contributed by atoms with Gasteiger partial charge in [-0.3, -0.25) is 4.98 Å². The number of benzene rings is 1. The fourth-order valence-electron chi connectivity index (χ4n) is 2.60. The Morgan fingerprint density at radius 2 is 2.05 bits per heavy atom. The summed E-state index contributed by atoms with van der Waals surface area (Å²) >= 11 is 5.36. The van der Waals surface area contributed by atoms with E-state index in [1.165, 1.54) is 0 Å². The van der Waals surface area contributed by atoms with Crippen LogP contribution in [0.2, 0.25) is 0 Å². The van der Waals surface area contributed by atoms with Crippen molar-refractivity contribution in [1.82, 2.24) is 20.3 Å². The molecule has 1 fully saturated rings. The molecule has 3 N–H and O–H groups in total. The van der Waals surface area contributed by atoms with Crippen molar-refractivity contribution in [3.05, 3.63) is 54.4 Å². The third-order valence-corrected chi connectivity index (χ3v) is 4.02. The molecular weight excluding hydrogens is 294 g/mol. The number of nitrogens with one attached hydrogen (secondary N) is 3. The average Bonchev–Trinajstić information content (AvgIpc) is 3.17. The lowest BCUT2D eigenvalue weighted by Crippen LogP contribution is -2.31. The first-order chi connectivity index (χ1) is 10.8. The lowest BCUT2D eigenvalue weighted by molar-refractivity contribution is 0.858. The van der Waals surface area contributed by atoms with E-state index in [0.717, 1.165) is 23.1 Å². The number of anilines is 1. The molecule has 4 rings (SSSR count). The summed E-state index contributed by atoms with van der Waals surface area (Å²) in [7, 11) is 0. The van der Waals surface area contributed by atoms with Crippen molar-refractivity contribution in [3.8, 4) is 0 Å². The number of H-pyrrole nitrogens is 1. The molecule has 2 heterocycles. The molecule has 110 valence electrons.